The topological polar surface area (TPSA) is 67.4 Å². The zero-order valence-corrected chi connectivity index (χ0v) is 14.9. The monoisotopic (exact) mass is 416 g/mol. The van der Waals surface area contributed by atoms with Gasteiger partial charge in [-0.05, 0) is 42.0 Å². The molecule has 0 aromatic heterocycles. The minimum absolute atomic E-state index is 0.00180. The van der Waals surface area contributed by atoms with Crippen molar-refractivity contribution >= 4 is 11.8 Å². The lowest BCUT2D eigenvalue weighted by Crippen LogP contribution is -2.35. The van der Waals surface area contributed by atoms with Crippen LogP contribution in [0.3, 0.4) is 0 Å². The van der Waals surface area contributed by atoms with Gasteiger partial charge in [-0.15, -0.1) is 0 Å². The SMILES string of the molecule is O=C(Cc1ccc(OC(F)F)cc1)NCCNC(=O)c1ccc(C(F)(F)F)cc1. The van der Waals surface area contributed by atoms with E-state index in [9.17, 15) is 31.5 Å². The van der Waals surface area contributed by atoms with E-state index in [-0.39, 0.29) is 36.7 Å². The highest BCUT2D eigenvalue weighted by Gasteiger charge is 2.30. The van der Waals surface area contributed by atoms with Crippen molar-refractivity contribution < 1.29 is 36.3 Å². The van der Waals surface area contributed by atoms with Gasteiger partial charge >= 0.3 is 12.8 Å². The van der Waals surface area contributed by atoms with Gasteiger partial charge in [0.2, 0.25) is 5.91 Å². The molecule has 2 aromatic carbocycles. The Balaban J connectivity index is 1.71. The Labute approximate surface area is 162 Å². The van der Waals surface area contributed by atoms with Gasteiger partial charge in [0.25, 0.3) is 5.91 Å². The number of hydrogen-bond donors (Lipinski definition) is 2. The maximum atomic E-state index is 12.5. The Morgan fingerprint density at radius 2 is 1.48 bits per heavy atom. The molecule has 0 spiro atoms. The molecule has 0 heterocycles. The van der Waals surface area contributed by atoms with E-state index in [0.717, 1.165) is 24.3 Å². The van der Waals surface area contributed by atoms with Crippen LogP contribution < -0.4 is 15.4 Å². The molecule has 0 saturated heterocycles. The Kier molecular flexibility index (Phi) is 7.52. The minimum Gasteiger partial charge on any atom is -0.435 e. The molecular weight excluding hydrogens is 399 g/mol. The van der Waals surface area contributed by atoms with Crippen LogP contribution in [-0.4, -0.2) is 31.5 Å². The normalized spacial score (nSPS) is 11.2. The molecule has 2 N–H and O–H groups in total. The molecule has 2 aromatic rings. The summed E-state index contributed by atoms with van der Waals surface area (Å²) in [6, 6.07) is 9.35. The van der Waals surface area contributed by atoms with Crippen molar-refractivity contribution in [3.63, 3.8) is 0 Å². The van der Waals surface area contributed by atoms with Gasteiger partial charge in [-0.3, -0.25) is 9.59 Å². The molecule has 0 fully saturated rings. The third-order valence-corrected chi connectivity index (χ3v) is 3.72. The summed E-state index contributed by atoms with van der Waals surface area (Å²) in [5, 5.41) is 5.04. The van der Waals surface area contributed by atoms with Crippen LogP contribution >= 0.6 is 0 Å². The summed E-state index contributed by atoms with van der Waals surface area (Å²) in [6.07, 6.45) is -4.47. The first-order valence-corrected chi connectivity index (χ1v) is 8.41. The van der Waals surface area contributed by atoms with Gasteiger partial charge in [0.1, 0.15) is 5.75 Å². The summed E-state index contributed by atoms with van der Waals surface area (Å²) in [4.78, 5) is 23.7. The molecule has 0 bridgehead atoms. The van der Waals surface area contributed by atoms with Gasteiger partial charge in [0.05, 0.1) is 12.0 Å². The first-order chi connectivity index (χ1) is 13.6. The van der Waals surface area contributed by atoms with Crippen molar-refractivity contribution in [1.29, 1.82) is 0 Å². The summed E-state index contributed by atoms with van der Waals surface area (Å²) in [6.45, 7) is -2.74. The van der Waals surface area contributed by atoms with Crippen LogP contribution in [0.25, 0.3) is 0 Å². The second-order valence-electron chi connectivity index (χ2n) is 5.88. The van der Waals surface area contributed by atoms with Crippen LogP contribution in [0.15, 0.2) is 48.5 Å². The highest BCUT2D eigenvalue weighted by Crippen LogP contribution is 2.29. The quantitative estimate of drug-likeness (QED) is 0.512. The van der Waals surface area contributed by atoms with E-state index in [0.29, 0.717) is 5.56 Å². The van der Waals surface area contributed by atoms with E-state index in [1.54, 1.807) is 0 Å². The van der Waals surface area contributed by atoms with Gasteiger partial charge in [0, 0.05) is 18.7 Å². The number of amides is 2. The Morgan fingerprint density at radius 1 is 0.897 bits per heavy atom. The van der Waals surface area contributed by atoms with Gasteiger partial charge < -0.3 is 15.4 Å². The maximum Gasteiger partial charge on any atom is 0.416 e. The number of nitrogens with one attached hydrogen (secondary N) is 2. The number of carbonyl (C=O) groups is 2. The fraction of sp³-hybridized carbons (Fsp3) is 0.263. The molecule has 2 amide bonds. The van der Waals surface area contributed by atoms with E-state index in [1.807, 2.05) is 0 Å². The number of halogens is 5. The van der Waals surface area contributed by atoms with Crippen LogP contribution in [0.4, 0.5) is 22.0 Å². The number of hydrogen-bond acceptors (Lipinski definition) is 3. The second kappa shape index (κ2) is 9.85. The van der Waals surface area contributed by atoms with Gasteiger partial charge in [-0.2, -0.15) is 22.0 Å². The lowest BCUT2D eigenvalue weighted by molar-refractivity contribution is -0.137. The van der Waals surface area contributed by atoms with Crippen LogP contribution in [-0.2, 0) is 17.4 Å². The maximum absolute atomic E-state index is 12.5. The van der Waals surface area contributed by atoms with Gasteiger partial charge in [0.15, 0.2) is 0 Å². The van der Waals surface area contributed by atoms with Crippen molar-refractivity contribution in [1.82, 2.24) is 10.6 Å². The molecule has 0 aliphatic heterocycles. The molecule has 10 heteroatoms. The average molecular weight is 416 g/mol. The first kappa shape index (κ1) is 22.1. The third-order valence-electron chi connectivity index (χ3n) is 3.72. The largest absolute Gasteiger partial charge is 0.435 e. The van der Waals surface area contributed by atoms with E-state index in [4.69, 9.17) is 0 Å². The molecule has 0 aliphatic carbocycles. The molecule has 0 atom stereocenters. The third kappa shape index (κ3) is 7.40. The fourth-order valence-electron chi connectivity index (χ4n) is 2.33. The number of benzene rings is 2. The number of carbonyl (C=O) groups excluding carboxylic acids is 2. The minimum atomic E-state index is -4.48. The summed E-state index contributed by atoms with van der Waals surface area (Å²) < 4.78 is 65.8. The van der Waals surface area contributed by atoms with Gasteiger partial charge in [-0.25, -0.2) is 0 Å². The molecule has 0 radical (unpaired) electrons. The highest BCUT2D eigenvalue weighted by molar-refractivity contribution is 5.94. The Hall–Kier alpha value is -3.17. The lowest BCUT2D eigenvalue weighted by Gasteiger charge is -2.09. The molecule has 0 unspecified atom stereocenters. The fourth-order valence-corrected chi connectivity index (χ4v) is 2.33. The van der Waals surface area contributed by atoms with Crippen molar-refractivity contribution in [3.05, 3.63) is 65.2 Å². The Bertz CT molecular complexity index is 821. The van der Waals surface area contributed by atoms with Crippen LogP contribution in [0.1, 0.15) is 21.5 Å². The zero-order valence-electron chi connectivity index (χ0n) is 14.9. The second-order valence-corrected chi connectivity index (χ2v) is 5.88. The number of rotatable bonds is 8. The van der Waals surface area contributed by atoms with E-state index >= 15 is 0 Å². The predicted molar refractivity (Wildman–Crippen MR) is 93.6 cm³/mol. The predicted octanol–water partition coefficient (Wildman–Crippen LogP) is 3.40. The molecule has 2 rings (SSSR count). The van der Waals surface area contributed by atoms with E-state index in [2.05, 4.69) is 15.4 Å². The van der Waals surface area contributed by atoms with Gasteiger partial charge in [-0.1, -0.05) is 12.1 Å². The van der Waals surface area contributed by atoms with E-state index < -0.39 is 24.3 Å². The van der Waals surface area contributed by atoms with Crippen LogP contribution in [0.2, 0.25) is 0 Å². The van der Waals surface area contributed by atoms with E-state index in [1.165, 1.54) is 24.3 Å². The smallest absolute Gasteiger partial charge is 0.416 e. The summed E-state index contributed by atoms with van der Waals surface area (Å²) >= 11 is 0. The highest BCUT2D eigenvalue weighted by atomic mass is 19.4. The van der Waals surface area contributed by atoms with Crippen LogP contribution in [0, 0.1) is 0 Å². The molecule has 0 aliphatic rings. The standard InChI is InChI=1S/C19H17F5N2O3/c20-18(21)29-15-7-1-12(2-8-15)11-16(27)25-9-10-26-17(28)13-3-5-14(6-4-13)19(22,23)24/h1-8,18H,9-11H2,(H,25,27)(H,26,28). The molecule has 29 heavy (non-hydrogen) atoms. The lowest BCUT2D eigenvalue weighted by atomic mass is 10.1. The average Bonchev–Trinajstić information content (AvgIpc) is 2.65. The zero-order chi connectivity index (χ0) is 21.4. The number of alkyl halides is 5. The van der Waals surface area contributed by atoms with Crippen molar-refractivity contribution in [2.75, 3.05) is 13.1 Å². The molecule has 0 saturated carbocycles. The summed E-state index contributed by atoms with van der Waals surface area (Å²) in [5.41, 5.74) is -0.205. The van der Waals surface area contributed by atoms with Crippen molar-refractivity contribution in [2.45, 2.75) is 19.2 Å². The number of ether oxygens (including phenoxy) is 1. The Morgan fingerprint density at radius 3 is 2.03 bits per heavy atom. The van der Waals surface area contributed by atoms with Crippen molar-refractivity contribution in [3.8, 4) is 5.75 Å². The molecular formula is C19H17F5N2O3. The first-order valence-electron chi connectivity index (χ1n) is 8.41. The summed E-state index contributed by atoms with van der Waals surface area (Å²) in [7, 11) is 0. The van der Waals surface area contributed by atoms with Crippen LogP contribution in [0.5, 0.6) is 5.75 Å². The summed E-state index contributed by atoms with van der Waals surface area (Å²) in [5.74, 6) is -0.936. The molecule has 5 nitrogen and oxygen atoms in total. The molecule has 156 valence electrons. The van der Waals surface area contributed by atoms with Crippen molar-refractivity contribution in [2.24, 2.45) is 0 Å².